The van der Waals surface area contributed by atoms with Gasteiger partial charge in [0.15, 0.2) is 0 Å². The summed E-state index contributed by atoms with van der Waals surface area (Å²) in [6.07, 6.45) is 0. The van der Waals surface area contributed by atoms with Gasteiger partial charge in [0.1, 0.15) is 0 Å². The van der Waals surface area contributed by atoms with Gasteiger partial charge in [0.05, 0.1) is 0 Å². The quantitative estimate of drug-likeness (QED) is 0.551. The van der Waals surface area contributed by atoms with Crippen LogP contribution in [0.5, 0.6) is 0 Å². The fourth-order valence-electron chi connectivity index (χ4n) is 0. The number of hydrogen-bond acceptors (Lipinski definition) is 2. The first kappa shape index (κ1) is 15.6. The van der Waals surface area contributed by atoms with E-state index in [-0.39, 0.29) is 35.6 Å². The average Bonchev–Trinajstić information content (AvgIpc) is 1.39. The topological polar surface area (TPSA) is 46.1 Å². The molecule has 0 rings (SSSR count). The minimum absolute atomic E-state index is 0. The normalized spacial score (nSPS) is 5.14. The van der Waals surface area contributed by atoms with Crippen LogP contribution in [0.3, 0.4) is 0 Å². The maximum atomic E-state index is 8.93. The van der Waals surface area contributed by atoms with E-state index in [0.29, 0.717) is 0 Å². The van der Waals surface area contributed by atoms with Gasteiger partial charge in [-0.2, -0.15) is 0 Å². The Morgan fingerprint density at radius 1 is 1.00 bits per heavy atom. The van der Waals surface area contributed by atoms with Crippen molar-refractivity contribution in [1.82, 2.24) is 0 Å². The van der Waals surface area contributed by atoms with Gasteiger partial charge in [-0.05, 0) is 0 Å². The fraction of sp³-hybridized carbons (Fsp3) is 1.00. The summed E-state index contributed by atoms with van der Waals surface area (Å²) in [7, 11) is 0. The Kier molecular flexibility index (Phi) is 67.4. The van der Waals surface area contributed by atoms with Crippen molar-refractivity contribution in [2.45, 2.75) is 13.8 Å². The molecule has 0 saturated heterocycles. The van der Waals surface area contributed by atoms with Gasteiger partial charge >= 0.3 is 22.4 Å². The van der Waals surface area contributed by atoms with Crippen LogP contribution in [-0.2, 0) is 22.4 Å². The Labute approximate surface area is 60.1 Å². The Morgan fingerprint density at radius 3 is 1.00 bits per heavy atom. The van der Waals surface area contributed by atoms with Gasteiger partial charge in [-0.1, -0.05) is 13.8 Å². The van der Waals surface area contributed by atoms with Crippen LogP contribution in [0.2, 0.25) is 0 Å². The predicted molar refractivity (Wildman–Crippen MR) is 21.1 cm³/mol. The standard InChI is InChI=1S/2C2H5O.Ta/c2*1-2-3;/h2*2H2,1H3;/q2*-1;+2. The molecule has 7 heavy (non-hydrogen) atoms. The van der Waals surface area contributed by atoms with Crippen molar-refractivity contribution < 1.29 is 32.6 Å². The Morgan fingerprint density at radius 2 is 1.00 bits per heavy atom. The molecule has 0 aliphatic rings. The third kappa shape index (κ3) is 332. The van der Waals surface area contributed by atoms with Gasteiger partial charge in [0.25, 0.3) is 0 Å². The minimum atomic E-state index is 0. The van der Waals surface area contributed by atoms with Crippen LogP contribution in [-0.4, -0.2) is 13.2 Å². The fourth-order valence-corrected chi connectivity index (χ4v) is 0. The van der Waals surface area contributed by atoms with E-state index in [9.17, 15) is 0 Å². The van der Waals surface area contributed by atoms with Crippen molar-refractivity contribution in [2.75, 3.05) is 13.2 Å². The van der Waals surface area contributed by atoms with E-state index >= 15 is 0 Å². The summed E-state index contributed by atoms with van der Waals surface area (Å²) in [4.78, 5) is 0. The first-order valence-corrected chi connectivity index (χ1v) is 1.99. The molecule has 0 fully saturated rings. The molecule has 3 heteroatoms. The van der Waals surface area contributed by atoms with E-state index in [1.807, 2.05) is 0 Å². The summed E-state index contributed by atoms with van der Waals surface area (Å²) in [5.41, 5.74) is 0. The van der Waals surface area contributed by atoms with Crippen LogP contribution >= 0.6 is 0 Å². The molecular formula is C4H10O2Ta. The molecule has 2 nitrogen and oxygen atoms in total. The zero-order valence-corrected chi connectivity index (χ0v) is 7.89. The molecule has 0 heterocycles. The van der Waals surface area contributed by atoms with Crippen molar-refractivity contribution in [3.8, 4) is 0 Å². The molecule has 0 N–H and O–H groups in total. The third-order valence-electron chi connectivity index (χ3n) is 0. The maximum Gasteiger partial charge on any atom is 2.00 e. The van der Waals surface area contributed by atoms with Gasteiger partial charge in [-0.3, -0.25) is 0 Å². The molecule has 0 aromatic carbocycles. The molecule has 0 aliphatic carbocycles. The molecule has 0 spiro atoms. The summed E-state index contributed by atoms with van der Waals surface area (Å²) in [6.45, 7) is 3.14. The third-order valence-corrected chi connectivity index (χ3v) is 0. The van der Waals surface area contributed by atoms with E-state index in [1.54, 1.807) is 13.8 Å². The zero-order chi connectivity index (χ0) is 5.41. The van der Waals surface area contributed by atoms with Crippen LogP contribution in [0.4, 0.5) is 0 Å². The monoisotopic (exact) mass is 271 g/mol. The Hall–Kier alpha value is 0.660. The first-order chi connectivity index (χ1) is 2.83. The van der Waals surface area contributed by atoms with E-state index < -0.39 is 0 Å². The summed E-state index contributed by atoms with van der Waals surface area (Å²) in [6, 6.07) is 0. The second kappa shape index (κ2) is 30.2. The van der Waals surface area contributed by atoms with Crippen molar-refractivity contribution in [2.24, 2.45) is 0 Å². The largest absolute Gasteiger partial charge is 2.00 e. The SMILES string of the molecule is CC[O-].CC[O-].[Ta+2]. The minimum Gasteiger partial charge on any atom is -0.855 e. The summed E-state index contributed by atoms with van der Waals surface area (Å²) in [5, 5.41) is 17.9. The smallest absolute Gasteiger partial charge is 0.855 e. The van der Waals surface area contributed by atoms with E-state index in [1.165, 1.54) is 0 Å². The molecular weight excluding hydrogens is 261 g/mol. The average molecular weight is 271 g/mol. The molecule has 1 radical (unpaired) electrons. The van der Waals surface area contributed by atoms with Crippen molar-refractivity contribution >= 4 is 0 Å². The summed E-state index contributed by atoms with van der Waals surface area (Å²) < 4.78 is 0. The van der Waals surface area contributed by atoms with E-state index in [0.717, 1.165) is 0 Å². The molecule has 0 unspecified atom stereocenters. The van der Waals surface area contributed by atoms with Crippen LogP contribution < -0.4 is 10.2 Å². The van der Waals surface area contributed by atoms with Crippen molar-refractivity contribution in [3.05, 3.63) is 0 Å². The van der Waals surface area contributed by atoms with E-state index in [4.69, 9.17) is 10.2 Å². The molecule has 0 bridgehead atoms. The van der Waals surface area contributed by atoms with Gasteiger partial charge < -0.3 is 10.2 Å². The number of hydrogen-bond donors (Lipinski definition) is 0. The van der Waals surface area contributed by atoms with Crippen molar-refractivity contribution in [1.29, 1.82) is 0 Å². The maximum absolute atomic E-state index is 8.93. The van der Waals surface area contributed by atoms with Crippen LogP contribution in [0.25, 0.3) is 0 Å². The molecule has 0 aromatic rings. The first-order valence-electron chi connectivity index (χ1n) is 1.99. The second-order valence-electron chi connectivity index (χ2n) is 0.577. The van der Waals surface area contributed by atoms with Gasteiger partial charge in [-0.15, -0.1) is 13.2 Å². The van der Waals surface area contributed by atoms with Gasteiger partial charge in [0, 0.05) is 0 Å². The zero-order valence-electron chi connectivity index (χ0n) is 4.68. The molecule has 0 amide bonds. The van der Waals surface area contributed by atoms with Gasteiger partial charge in [-0.25, -0.2) is 0 Å². The second-order valence-corrected chi connectivity index (χ2v) is 0.577. The van der Waals surface area contributed by atoms with E-state index in [2.05, 4.69) is 0 Å². The molecule has 0 saturated carbocycles. The van der Waals surface area contributed by atoms with Crippen LogP contribution in [0.15, 0.2) is 0 Å². The molecule has 0 atom stereocenters. The number of rotatable bonds is 0. The summed E-state index contributed by atoms with van der Waals surface area (Å²) >= 11 is 0. The molecule has 43 valence electrons. The predicted octanol–water partition coefficient (Wildman–Crippen LogP) is -1.27. The molecule has 0 aliphatic heterocycles. The van der Waals surface area contributed by atoms with Gasteiger partial charge in [0.2, 0.25) is 0 Å². The Bertz CT molecular complexity index is 11.7. The van der Waals surface area contributed by atoms with Crippen LogP contribution in [0.1, 0.15) is 13.8 Å². The Balaban J connectivity index is -0.0000000400. The van der Waals surface area contributed by atoms with Crippen molar-refractivity contribution in [3.63, 3.8) is 0 Å². The molecule has 0 aromatic heterocycles. The van der Waals surface area contributed by atoms with Crippen LogP contribution in [0, 0.1) is 0 Å². The summed E-state index contributed by atoms with van der Waals surface area (Å²) in [5.74, 6) is 0.